The predicted molar refractivity (Wildman–Crippen MR) is 70.3 cm³/mol. The molecule has 0 N–H and O–H groups in total. The van der Waals surface area contributed by atoms with Crippen LogP contribution in [0.2, 0.25) is 0 Å². The predicted octanol–water partition coefficient (Wildman–Crippen LogP) is 2.35. The highest BCUT2D eigenvalue weighted by atomic mass is 16.5. The molecule has 1 aliphatic carbocycles. The molecule has 5 nitrogen and oxygen atoms in total. The van der Waals surface area contributed by atoms with Crippen molar-refractivity contribution in [3.05, 3.63) is 29.3 Å². The Morgan fingerprint density at radius 3 is 2.89 bits per heavy atom. The molecule has 3 rings (SSSR count). The number of nitrogens with zero attached hydrogens (tertiary/aromatic N) is 3. The van der Waals surface area contributed by atoms with Crippen LogP contribution in [0.25, 0.3) is 5.78 Å². The van der Waals surface area contributed by atoms with Gasteiger partial charge in [0.15, 0.2) is 5.69 Å². The first-order valence-corrected chi connectivity index (χ1v) is 6.78. The first-order chi connectivity index (χ1) is 9.24. The minimum absolute atomic E-state index is 0.318. The van der Waals surface area contributed by atoms with Crippen molar-refractivity contribution in [2.75, 3.05) is 6.61 Å². The van der Waals surface area contributed by atoms with Crippen molar-refractivity contribution >= 4 is 11.7 Å². The summed E-state index contributed by atoms with van der Waals surface area (Å²) in [6.07, 6.45) is 6.96. The molecule has 0 aliphatic heterocycles. The second kappa shape index (κ2) is 4.64. The molecule has 1 saturated carbocycles. The van der Waals surface area contributed by atoms with E-state index in [1.807, 2.05) is 19.3 Å². The second-order valence-corrected chi connectivity index (χ2v) is 4.81. The maximum absolute atomic E-state index is 12.1. The van der Waals surface area contributed by atoms with Crippen LogP contribution in [-0.4, -0.2) is 26.9 Å². The Bertz CT molecular complexity index is 629. The van der Waals surface area contributed by atoms with Gasteiger partial charge in [-0.3, -0.25) is 4.40 Å². The first-order valence-electron chi connectivity index (χ1n) is 6.78. The SMILES string of the molecule is CCOC(=O)c1c(CC)nc2ncc(C3CC3)cn12. The summed E-state index contributed by atoms with van der Waals surface area (Å²) < 4.78 is 6.91. The average Bonchev–Trinajstić information content (AvgIpc) is 3.18. The van der Waals surface area contributed by atoms with E-state index in [1.54, 1.807) is 11.3 Å². The van der Waals surface area contributed by atoms with E-state index in [2.05, 4.69) is 9.97 Å². The van der Waals surface area contributed by atoms with Crippen LogP contribution in [0, 0.1) is 0 Å². The van der Waals surface area contributed by atoms with Crippen LogP contribution in [0.3, 0.4) is 0 Å². The topological polar surface area (TPSA) is 56.5 Å². The van der Waals surface area contributed by atoms with Gasteiger partial charge in [0.2, 0.25) is 5.78 Å². The zero-order chi connectivity index (χ0) is 13.4. The van der Waals surface area contributed by atoms with Crippen LogP contribution in [0.1, 0.15) is 54.4 Å². The molecular formula is C14H17N3O2. The van der Waals surface area contributed by atoms with Crippen molar-refractivity contribution < 1.29 is 9.53 Å². The smallest absolute Gasteiger partial charge is 0.357 e. The highest BCUT2D eigenvalue weighted by Gasteiger charge is 2.26. The molecule has 19 heavy (non-hydrogen) atoms. The Morgan fingerprint density at radius 2 is 2.26 bits per heavy atom. The van der Waals surface area contributed by atoms with Crippen molar-refractivity contribution in [1.29, 1.82) is 0 Å². The molecule has 0 atom stereocenters. The van der Waals surface area contributed by atoms with Gasteiger partial charge in [-0.15, -0.1) is 0 Å². The fourth-order valence-electron chi connectivity index (χ4n) is 2.28. The van der Waals surface area contributed by atoms with Crippen molar-refractivity contribution in [1.82, 2.24) is 14.4 Å². The summed E-state index contributed by atoms with van der Waals surface area (Å²) in [5.74, 6) is 0.852. The third-order valence-electron chi connectivity index (χ3n) is 3.42. The number of carbonyl (C=O) groups excluding carboxylic acids is 1. The van der Waals surface area contributed by atoms with Gasteiger partial charge in [0.05, 0.1) is 12.3 Å². The second-order valence-electron chi connectivity index (χ2n) is 4.81. The summed E-state index contributed by atoms with van der Waals surface area (Å²) in [4.78, 5) is 20.9. The normalized spacial score (nSPS) is 14.8. The number of aromatic nitrogens is 3. The molecule has 0 bridgehead atoms. The number of imidazole rings is 1. The third-order valence-corrected chi connectivity index (χ3v) is 3.42. The lowest BCUT2D eigenvalue weighted by Crippen LogP contribution is -2.11. The number of ether oxygens (including phenoxy) is 1. The number of hydrogen-bond acceptors (Lipinski definition) is 4. The van der Waals surface area contributed by atoms with E-state index in [0.29, 0.717) is 30.4 Å². The Labute approximate surface area is 111 Å². The Hall–Kier alpha value is -1.91. The number of esters is 1. The fraction of sp³-hybridized carbons (Fsp3) is 0.500. The van der Waals surface area contributed by atoms with Crippen LogP contribution >= 0.6 is 0 Å². The fourth-order valence-corrected chi connectivity index (χ4v) is 2.28. The summed E-state index contributed by atoms with van der Waals surface area (Å²) in [7, 11) is 0. The van der Waals surface area contributed by atoms with Gasteiger partial charge in [-0.2, -0.15) is 0 Å². The Kier molecular flexibility index (Phi) is 2.97. The molecule has 100 valence electrons. The summed E-state index contributed by atoms with van der Waals surface area (Å²) in [5, 5.41) is 0. The van der Waals surface area contributed by atoms with Gasteiger partial charge in [0, 0.05) is 12.4 Å². The van der Waals surface area contributed by atoms with E-state index in [-0.39, 0.29) is 5.97 Å². The minimum Gasteiger partial charge on any atom is -0.461 e. The zero-order valence-corrected chi connectivity index (χ0v) is 11.2. The van der Waals surface area contributed by atoms with Gasteiger partial charge in [-0.1, -0.05) is 6.92 Å². The van der Waals surface area contributed by atoms with Gasteiger partial charge in [0.25, 0.3) is 0 Å². The maximum atomic E-state index is 12.1. The quantitative estimate of drug-likeness (QED) is 0.791. The molecule has 0 saturated heterocycles. The summed E-state index contributed by atoms with van der Waals surface area (Å²) >= 11 is 0. The van der Waals surface area contributed by atoms with Crippen LogP contribution in [-0.2, 0) is 11.2 Å². The highest BCUT2D eigenvalue weighted by Crippen LogP contribution is 2.39. The van der Waals surface area contributed by atoms with E-state index in [4.69, 9.17) is 4.74 Å². The summed E-state index contributed by atoms with van der Waals surface area (Å²) in [5.41, 5.74) is 2.45. The van der Waals surface area contributed by atoms with E-state index in [0.717, 1.165) is 5.69 Å². The van der Waals surface area contributed by atoms with Crippen LogP contribution in [0.4, 0.5) is 0 Å². The number of rotatable bonds is 4. The van der Waals surface area contributed by atoms with Gasteiger partial charge in [-0.05, 0) is 37.7 Å². The van der Waals surface area contributed by atoms with Crippen LogP contribution < -0.4 is 0 Å². The number of aryl methyl sites for hydroxylation is 1. The lowest BCUT2D eigenvalue weighted by molar-refractivity contribution is 0.0517. The van der Waals surface area contributed by atoms with Crippen molar-refractivity contribution in [2.45, 2.75) is 39.0 Å². The monoisotopic (exact) mass is 259 g/mol. The average molecular weight is 259 g/mol. The minimum atomic E-state index is -0.318. The molecule has 0 unspecified atom stereocenters. The molecule has 2 aromatic rings. The highest BCUT2D eigenvalue weighted by molar-refractivity contribution is 5.89. The van der Waals surface area contributed by atoms with Crippen LogP contribution in [0.15, 0.2) is 12.4 Å². The van der Waals surface area contributed by atoms with Gasteiger partial charge >= 0.3 is 5.97 Å². The first kappa shape index (κ1) is 12.1. The van der Waals surface area contributed by atoms with E-state index >= 15 is 0 Å². The Balaban J connectivity index is 2.14. The maximum Gasteiger partial charge on any atom is 0.357 e. The number of hydrogen-bond donors (Lipinski definition) is 0. The standard InChI is InChI=1S/C14H17N3O2/c1-3-11-12(13(18)19-4-2)17-8-10(9-5-6-9)7-15-14(17)16-11/h7-9H,3-6H2,1-2H3. The van der Waals surface area contributed by atoms with Gasteiger partial charge in [0.1, 0.15) is 0 Å². The molecule has 1 aliphatic rings. The molecular weight excluding hydrogens is 242 g/mol. The number of carbonyl (C=O) groups is 1. The molecule has 2 heterocycles. The lowest BCUT2D eigenvalue weighted by atomic mass is 10.2. The summed E-state index contributed by atoms with van der Waals surface area (Å²) in [6.45, 7) is 4.15. The van der Waals surface area contributed by atoms with Crippen molar-refractivity contribution in [3.8, 4) is 0 Å². The summed E-state index contributed by atoms with van der Waals surface area (Å²) in [6, 6.07) is 0. The molecule has 0 amide bonds. The molecule has 1 fully saturated rings. The van der Waals surface area contributed by atoms with Gasteiger partial charge in [-0.25, -0.2) is 14.8 Å². The Morgan fingerprint density at radius 1 is 1.47 bits per heavy atom. The van der Waals surface area contributed by atoms with Crippen molar-refractivity contribution in [2.24, 2.45) is 0 Å². The molecule has 0 radical (unpaired) electrons. The lowest BCUT2D eigenvalue weighted by Gasteiger charge is -2.04. The third kappa shape index (κ3) is 2.09. The van der Waals surface area contributed by atoms with Crippen molar-refractivity contribution in [3.63, 3.8) is 0 Å². The van der Waals surface area contributed by atoms with E-state index in [9.17, 15) is 4.79 Å². The van der Waals surface area contributed by atoms with Crippen LogP contribution in [0.5, 0.6) is 0 Å². The largest absolute Gasteiger partial charge is 0.461 e. The van der Waals surface area contributed by atoms with Gasteiger partial charge < -0.3 is 4.74 Å². The van der Waals surface area contributed by atoms with E-state index < -0.39 is 0 Å². The van der Waals surface area contributed by atoms with E-state index in [1.165, 1.54) is 18.4 Å². The zero-order valence-electron chi connectivity index (χ0n) is 11.2. The molecule has 5 heteroatoms. The molecule has 2 aromatic heterocycles. The molecule has 0 aromatic carbocycles. The number of fused-ring (bicyclic) bond motifs is 1. The molecule has 0 spiro atoms.